The molecule has 13 heteroatoms. The van der Waals surface area contributed by atoms with Gasteiger partial charge in [0.05, 0.1) is 38.0 Å². The topological polar surface area (TPSA) is 101 Å². The number of alkyl halides is 3. The Kier molecular flexibility index (Phi) is 6.34. The van der Waals surface area contributed by atoms with E-state index in [2.05, 4.69) is 20.5 Å². The molecule has 2 aliphatic rings. The molecule has 4 unspecified atom stereocenters. The molecule has 196 valence electrons. The van der Waals surface area contributed by atoms with Crippen molar-refractivity contribution >= 4 is 5.97 Å². The number of aromatic nitrogens is 5. The minimum atomic E-state index is -4.78. The van der Waals surface area contributed by atoms with Gasteiger partial charge in [0, 0.05) is 11.8 Å². The third kappa shape index (κ3) is 4.41. The van der Waals surface area contributed by atoms with E-state index in [0.717, 1.165) is 5.56 Å². The van der Waals surface area contributed by atoms with Gasteiger partial charge >= 0.3 is 12.1 Å². The quantitative estimate of drug-likeness (QED) is 0.369. The van der Waals surface area contributed by atoms with Crippen LogP contribution in [0.4, 0.5) is 17.6 Å². The van der Waals surface area contributed by atoms with Crippen LogP contribution in [0, 0.1) is 11.7 Å². The summed E-state index contributed by atoms with van der Waals surface area (Å²) in [6.07, 6.45) is -3.32. The van der Waals surface area contributed by atoms with Crippen molar-refractivity contribution in [2.75, 3.05) is 20.8 Å². The molecule has 0 radical (unpaired) electrons. The summed E-state index contributed by atoms with van der Waals surface area (Å²) in [6, 6.07) is 8.78. The van der Waals surface area contributed by atoms with Crippen molar-refractivity contribution in [1.82, 2.24) is 25.2 Å². The monoisotopic (exact) mass is 521 g/mol. The maximum Gasteiger partial charge on any atom is 0.453 e. The lowest BCUT2D eigenvalue weighted by Crippen LogP contribution is -2.35. The summed E-state index contributed by atoms with van der Waals surface area (Å²) < 4.78 is 71.2. The molecule has 5 rings (SSSR count). The van der Waals surface area contributed by atoms with Crippen molar-refractivity contribution in [3.05, 3.63) is 59.3 Å². The molecule has 4 atom stereocenters. The zero-order valence-electron chi connectivity index (χ0n) is 19.9. The normalized spacial score (nSPS) is 25.5. The highest BCUT2D eigenvalue weighted by Gasteiger charge is 2.57. The number of pyridine rings is 1. The number of carbonyl (C=O) groups excluding carboxylic acids is 1. The number of hydrogen-bond donors (Lipinski definition) is 0. The summed E-state index contributed by atoms with van der Waals surface area (Å²) in [7, 11) is 2.76. The molecule has 3 aromatic rings. The van der Waals surface area contributed by atoms with Gasteiger partial charge in [-0.1, -0.05) is 12.1 Å². The highest BCUT2D eigenvalue weighted by atomic mass is 19.4. The molecule has 0 amide bonds. The third-order valence-electron chi connectivity index (χ3n) is 7.16. The fourth-order valence-corrected chi connectivity index (χ4v) is 5.62. The minimum absolute atomic E-state index is 0.122. The van der Waals surface area contributed by atoms with E-state index in [4.69, 9.17) is 14.2 Å². The molecule has 0 bridgehead atoms. The number of carbonyl (C=O) groups is 1. The van der Waals surface area contributed by atoms with Crippen LogP contribution < -0.4 is 4.74 Å². The average Bonchev–Trinajstić information content (AvgIpc) is 3.63. The second-order valence-corrected chi connectivity index (χ2v) is 9.14. The van der Waals surface area contributed by atoms with E-state index in [1.807, 2.05) is 0 Å². The molecular weight excluding hydrogens is 498 g/mol. The maximum absolute atomic E-state index is 13.7. The molecule has 1 spiro atoms. The predicted molar refractivity (Wildman–Crippen MR) is 118 cm³/mol. The second-order valence-electron chi connectivity index (χ2n) is 9.14. The van der Waals surface area contributed by atoms with Crippen LogP contribution in [0.2, 0.25) is 0 Å². The van der Waals surface area contributed by atoms with Gasteiger partial charge in [-0.25, -0.2) is 9.37 Å². The van der Waals surface area contributed by atoms with E-state index in [1.165, 1.54) is 38.5 Å². The molecule has 2 fully saturated rings. The number of nitrogens with zero attached hydrogens (tertiary/aromatic N) is 5. The summed E-state index contributed by atoms with van der Waals surface area (Å²) in [5.74, 6) is -3.10. The van der Waals surface area contributed by atoms with Gasteiger partial charge in [-0.15, -0.1) is 5.10 Å². The van der Waals surface area contributed by atoms with Crippen LogP contribution in [0.15, 0.2) is 36.4 Å². The van der Waals surface area contributed by atoms with E-state index in [1.54, 1.807) is 12.1 Å². The van der Waals surface area contributed by atoms with E-state index in [-0.39, 0.29) is 24.3 Å². The van der Waals surface area contributed by atoms with Crippen molar-refractivity contribution in [2.24, 2.45) is 5.92 Å². The molecule has 0 N–H and O–H groups in total. The smallest absolute Gasteiger partial charge is 0.453 e. The molecule has 9 nitrogen and oxygen atoms in total. The number of tetrazole rings is 1. The van der Waals surface area contributed by atoms with Crippen molar-refractivity contribution in [3.63, 3.8) is 0 Å². The summed E-state index contributed by atoms with van der Waals surface area (Å²) in [6.45, 7) is 0.195. The first kappa shape index (κ1) is 25.1. The number of esters is 1. The van der Waals surface area contributed by atoms with Crippen LogP contribution in [-0.2, 0) is 20.4 Å². The van der Waals surface area contributed by atoms with Gasteiger partial charge in [-0.05, 0) is 59.5 Å². The van der Waals surface area contributed by atoms with Crippen LogP contribution in [0.25, 0.3) is 5.82 Å². The number of hydrogen-bond acceptors (Lipinski definition) is 8. The maximum atomic E-state index is 13.7. The minimum Gasteiger partial charge on any atom is -0.495 e. The van der Waals surface area contributed by atoms with Gasteiger partial charge < -0.3 is 14.2 Å². The lowest BCUT2D eigenvalue weighted by Gasteiger charge is -2.33. The fraction of sp³-hybridized carbons (Fsp3) is 0.458. The molecule has 1 aliphatic heterocycles. The third-order valence-corrected chi connectivity index (χ3v) is 7.16. The highest BCUT2D eigenvalue weighted by Crippen LogP contribution is 2.57. The van der Waals surface area contributed by atoms with Crippen molar-refractivity contribution in [1.29, 1.82) is 0 Å². The number of halogens is 4. The summed E-state index contributed by atoms with van der Waals surface area (Å²) in [5, 5.41) is 9.70. The summed E-state index contributed by atoms with van der Waals surface area (Å²) >= 11 is 0. The fourth-order valence-electron chi connectivity index (χ4n) is 5.62. The largest absolute Gasteiger partial charge is 0.495 e. The highest BCUT2D eigenvalue weighted by molar-refractivity contribution is 5.74. The van der Waals surface area contributed by atoms with Gasteiger partial charge in [-0.2, -0.15) is 17.9 Å². The van der Waals surface area contributed by atoms with Crippen molar-refractivity contribution in [2.45, 2.75) is 42.9 Å². The van der Waals surface area contributed by atoms with Crippen LogP contribution in [-0.4, -0.2) is 57.6 Å². The molecular formula is C24H23F4N5O4. The molecule has 1 saturated carbocycles. The van der Waals surface area contributed by atoms with Crippen LogP contribution >= 0.6 is 0 Å². The number of benzene rings is 1. The van der Waals surface area contributed by atoms with Crippen LogP contribution in [0.3, 0.4) is 0 Å². The lowest BCUT2D eigenvalue weighted by molar-refractivity contribution is -0.147. The Hall–Kier alpha value is -3.61. The van der Waals surface area contributed by atoms with E-state index in [0.29, 0.717) is 35.4 Å². The zero-order chi connectivity index (χ0) is 26.4. The van der Waals surface area contributed by atoms with Gasteiger partial charge in [0.1, 0.15) is 11.6 Å². The first-order valence-electron chi connectivity index (χ1n) is 11.5. The van der Waals surface area contributed by atoms with E-state index >= 15 is 0 Å². The number of rotatable bonds is 5. The van der Waals surface area contributed by atoms with Gasteiger partial charge in [0.2, 0.25) is 0 Å². The van der Waals surface area contributed by atoms with E-state index in [9.17, 15) is 22.4 Å². The second kappa shape index (κ2) is 9.36. The lowest BCUT2D eigenvalue weighted by atomic mass is 9.76. The average molecular weight is 521 g/mol. The first-order valence-corrected chi connectivity index (χ1v) is 11.5. The molecule has 3 heterocycles. The molecule has 1 aromatic carbocycles. The Balaban J connectivity index is 1.51. The predicted octanol–water partition coefficient (Wildman–Crippen LogP) is 3.83. The Morgan fingerprint density at radius 3 is 2.59 bits per heavy atom. The number of methoxy groups -OCH3 is 2. The van der Waals surface area contributed by atoms with Gasteiger partial charge in [-0.3, -0.25) is 4.79 Å². The van der Waals surface area contributed by atoms with Gasteiger partial charge in [0.25, 0.3) is 5.82 Å². The first-order chi connectivity index (χ1) is 17.7. The molecule has 1 saturated heterocycles. The van der Waals surface area contributed by atoms with Crippen LogP contribution in [0.5, 0.6) is 5.75 Å². The Morgan fingerprint density at radius 2 is 1.92 bits per heavy atom. The van der Waals surface area contributed by atoms with Crippen molar-refractivity contribution < 1.29 is 36.6 Å². The molecule has 37 heavy (non-hydrogen) atoms. The standard InChI is InChI=1S/C24H23F4N5O4/c1-35-17-7-8-18(33-22(24(26,27)28)30-31-32-33)29-20(17)14-11-23(37-12-14)10-9-16(21(34)36-2)19(23)13-3-5-15(25)6-4-13/h3-8,14,16,19H,9-12H2,1-2H3. The zero-order valence-corrected chi connectivity index (χ0v) is 19.9. The Bertz CT molecular complexity index is 1300. The summed E-state index contributed by atoms with van der Waals surface area (Å²) in [4.78, 5) is 17.1. The van der Waals surface area contributed by atoms with E-state index < -0.39 is 35.3 Å². The van der Waals surface area contributed by atoms with Crippen molar-refractivity contribution in [3.8, 4) is 11.6 Å². The Morgan fingerprint density at radius 1 is 1.16 bits per heavy atom. The Labute approximate surface area is 208 Å². The van der Waals surface area contributed by atoms with Crippen LogP contribution in [0.1, 0.15) is 48.2 Å². The van der Waals surface area contributed by atoms with Gasteiger partial charge in [0.15, 0.2) is 5.82 Å². The number of ether oxygens (including phenoxy) is 3. The SMILES string of the molecule is COC(=O)C1CCC2(CC(c3nc(-n4nnnc4C(F)(F)F)ccc3OC)CO2)C1c1ccc(F)cc1. The summed E-state index contributed by atoms with van der Waals surface area (Å²) in [5.41, 5.74) is 0.350. The molecule has 1 aliphatic carbocycles. The molecule has 2 aromatic heterocycles.